The molecule has 19 nitrogen and oxygen atoms in total. The van der Waals surface area contributed by atoms with E-state index in [0.717, 1.165) is 182 Å². The highest BCUT2D eigenvalue weighted by molar-refractivity contribution is 9.11. The van der Waals surface area contributed by atoms with Crippen LogP contribution in [0.3, 0.4) is 0 Å². The summed E-state index contributed by atoms with van der Waals surface area (Å²) in [5.41, 5.74) is 26.8. The van der Waals surface area contributed by atoms with Gasteiger partial charge in [0.25, 0.3) is 5.91 Å². The normalized spacial score (nSPS) is 17.0. The first-order chi connectivity index (χ1) is 64.2. The van der Waals surface area contributed by atoms with Gasteiger partial charge in [0.15, 0.2) is 11.5 Å². The second-order valence-electron chi connectivity index (χ2n) is 34.7. The number of hydrogen-bond donors (Lipinski definition) is 10. The third-order valence-electron chi connectivity index (χ3n) is 26.5. The summed E-state index contributed by atoms with van der Waals surface area (Å²) in [4.78, 5) is 48.7. The molecule has 9 aromatic heterocycles. The molecule has 0 saturated carbocycles. The van der Waals surface area contributed by atoms with Gasteiger partial charge in [-0.05, 0) is 330 Å². The lowest BCUT2D eigenvalue weighted by atomic mass is 9.91. The van der Waals surface area contributed by atoms with Crippen LogP contribution < -0.4 is 35.5 Å². The number of carbonyl (C=O) groups is 2. The molecule has 6 aliphatic rings. The number of aromatic amines is 6. The Labute approximate surface area is 788 Å². The smallest absolute Gasteiger partial charge is 0.416 e. The molecule has 10 N–H and O–H groups in total. The van der Waals surface area contributed by atoms with Crippen LogP contribution in [-0.4, -0.2) is 77.2 Å². The van der Waals surface area contributed by atoms with E-state index in [1.54, 1.807) is 45.9 Å². The molecule has 0 saturated heterocycles. The van der Waals surface area contributed by atoms with Crippen molar-refractivity contribution in [2.75, 3.05) is 32.0 Å². The number of anilines is 2. The Hall–Kier alpha value is -12.7. The molecule has 6 aliphatic carbocycles. The summed E-state index contributed by atoms with van der Waals surface area (Å²) >= 11 is 10.7. The average molecular weight is 1960 g/mol. The van der Waals surface area contributed by atoms with E-state index in [1.165, 1.54) is 152 Å². The Balaban J connectivity index is 0.000000107. The van der Waals surface area contributed by atoms with Gasteiger partial charge in [-0.3, -0.25) is 14.6 Å². The van der Waals surface area contributed by atoms with Gasteiger partial charge in [0.05, 0.1) is 68.3 Å². The van der Waals surface area contributed by atoms with E-state index >= 15 is 0 Å². The van der Waals surface area contributed by atoms with Gasteiger partial charge in [-0.2, -0.15) is 18.4 Å². The number of halogens is 6. The first-order valence-corrected chi connectivity index (χ1v) is 47.7. The highest BCUT2D eigenvalue weighted by Crippen LogP contribution is 2.45. The van der Waals surface area contributed by atoms with Gasteiger partial charge in [0.1, 0.15) is 5.75 Å². The number of methoxy groups -OCH3 is 3. The number of benzene rings is 8. The number of nitrogens with one attached hydrogen (secondary N) is 10. The van der Waals surface area contributed by atoms with Gasteiger partial charge < -0.3 is 74.5 Å². The largest absolute Gasteiger partial charge is 0.497 e. The van der Waals surface area contributed by atoms with Crippen molar-refractivity contribution >= 4 is 142 Å². The first-order valence-electron chi connectivity index (χ1n) is 45.3. The van der Waals surface area contributed by atoms with Crippen molar-refractivity contribution in [3.63, 3.8) is 0 Å². The van der Waals surface area contributed by atoms with E-state index in [4.69, 9.17) is 19.5 Å². The van der Waals surface area contributed by atoms with Gasteiger partial charge >= 0.3 is 6.18 Å². The number of rotatable bonds is 13. The number of amides is 2. The molecule has 8 aromatic carbocycles. The van der Waals surface area contributed by atoms with Gasteiger partial charge in [-0.25, -0.2) is 0 Å². The number of alkyl halides is 3. The fourth-order valence-electron chi connectivity index (χ4n) is 20.3. The number of nitrogens with zero attached hydrogens (tertiary/aromatic N) is 4. The lowest BCUT2D eigenvalue weighted by molar-refractivity contribution is -0.137. The molecule has 5 atom stereocenters. The molecule has 132 heavy (non-hydrogen) atoms. The SMILES string of the molecule is C=C1CCCc2c1[nH]c1ccc(C(F)(F)F)cc21.CC(=O)Nc1ccc(NC2CCCc3c2[nH]c2ccc(Br)cc32)cc1.COc1ccc2[nH]c3c(c2c1)CCCC3n1cccc1.COc1cccc(CNC2CCCc3c2[nH]c2ccc(Br)cc32)c1OC.N#Cc1ccc2[nH]c3c(c2c1)CCCC3n1cccc1.O=C(NC1CCCc2c1[nH]c1ccc(Br)cc21)c1cccnc1. The maximum Gasteiger partial charge on any atom is 0.416 e. The van der Waals surface area contributed by atoms with Crippen LogP contribution in [0.1, 0.15) is 209 Å². The molecule has 25 heteroatoms. The summed E-state index contributed by atoms with van der Waals surface area (Å²) in [6.07, 6.45) is 27.2. The van der Waals surface area contributed by atoms with Gasteiger partial charge in [-0.1, -0.05) is 66.5 Å². The summed E-state index contributed by atoms with van der Waals surface area (Å²) in [6.45, 7) is 6.23. The zero-order valence-corrected chi connectivity index (χ0v) is 78.7. The second kappa shape index (κ2) is 39.8. The molecule has 0 radical (unpaired) electrons. The minimum absolute atomic E-state index is 0.0256. The minimum atomic E-state index is -4.29. The van der Waals surface area contributed by atoms with Gasteiger partial charge in [0, 0.05) is 187 Å². The maximum absolute atomic E-state index is 12.7. The number of nitriles is 1. The number of fused-ring (bicyclic) bond motifs is 18. The summed E-state index contributed by atoms with van der Waals surface area (Å²) < 4.78 is 62.4. The number of carbonyl (C=O) groups excluding carboxylic acids is 2. The highest BCUT2D eigenvalue weighted by atomic mass is 79.9. The van der Waals surface area contributed by atoms with Crippen LogP contribution in [0.5, 0.6) is 17.2 Å². The number of H-pyrrole nitrogens is 6. The predicted octanol–water partition coefficient (Wildman–Crippen LogP) is 26.8. The number of aryl methyl sites for hydroxylation is 6. The minimum Gasteiger partial charge on any atom is -0.497 e. The highest BCUT2D eigenvalue weighted by Gasteiger charge is 2.34. The molecule has 674 valence electrons. The topological polar surface area (TPSA) is 251 Å². The number of hydrogen-bond acceptors (Lipinski definition) is 9. The van der Waals surface area contributed by atoms with E-state index in [9.17, 15) is 22.8 Å². The van der Waals surface area contributed by atoms with Crippen molar-refractivity contribution in [3.05, 3.63) is 335 Å². The first kappa shape index (κ1) is 89.8. The Kier molecular flexibility index (Phi) is 27.1. The van der Waals surface area contributed by atoms with Crippen molar-refractivity contribution in [2.45, 2.75) is 165 Å². The Morgan fingerprint density at radius 2 is 0.970 bits per heavy atom. The second-order valence-corrected chi connectivity index (χ2v) is 37.4. The van der Waals surface area contributed by atoms with Crippen LogP contribution in [0.25, 0.3) is 71.0 Å². The third kappa shape index (κ3) is 19.3. The van der Waals surface area contributed by atoms with Crippen LogP contribution in [-0.2, 0) is 56.0 Å². The third-order valence-corrected chi connectivity index (χ3v) is 27.9. The van der Waals surface area contributed by atoms with Crippen molar-refractivity contribution in [1.29, 1.82) is 5.26 Å². The van der Waals surface area contributed by atoms with Crippen molar-refractivity contribution in [1.82, 2.24) is 54.7 Å². The van der Waals surface area contributed by atoms with E-state index < -0.39 is 11.7 Å². The van der Waals surface area contributed by atoms with E-state index in [-0.39, 0.29) is 23.9 Å². The number of aromatic nitrogens is 9. The van der Waals surface area contributed by atoms with Crippen LogP contribution in [0, 0.1) is 11.3 Å². The van der Waals surface area contributed by atoms with Crippen LogP contribution in [0.2, 0.25) is 0 Å². The summed E-state index contributed by atoms with van der Waals surface area (Å²) in [7, 11) is 5.09. The molecule has 0 aliphatic heterocycles. The van der Waals surface area contributed by atoms with Crippen molar-refractivity contribution in [2.24, 2.45) is 0 Å². The van der Waals surface area contributed by atoms with E-state index in [2.05, 4.69) is 242 Å². The Morgan fingerprint density at radius 1 is 0.492 bits per heavy atom. The molecule has 23 rings (SSSR count). The summed E-state index contributed by atoms with van der Waals surface area (Å²) in [6, 6.07) is 64.7. The number of para-hydroxylation sites is 1. The fourth-order valence-corrected chi connectivity index (χ4v) is 21.3. The predicted molar refractivity (Wildman–Crippen MR) is 532 cm³/mol. The lowest BCUT2D eigenvalue weighted by Crippen LogP contribution is -2.31. The monoisotopic (exact) mass is 1960 g/mol. The van der Waals surface area contributed by atoms with Crippen molar-refractivity contribution in [3.8, 4) is 23.3 Å². The molecular formula is C107H104Br3F3N14O5. The summed E-state index contributed by atoms with van der Waals surface area (Å²) in [5, 5.41) is 29.5. The molecule has 0 bridgehead atoms. The zero-order chi connectivity index (χ0) is 91.3. The zero-order valence-electron chi connectivity index (χ0n) is 74.0. The summed E-state index contributed by atoms with van der Waals surface area (Å²) in [5.74, 6) is 2.38. The maximum atomic E-state index is 12.7. The van der Waals surface area contributed by atoms with Crippen molar-refractivity contribution < 1.29 is 37.0 Å². The quantitative estimate of drug-likeness (QED) is 0.0526. The molecule has 17 aromatic rings. The van der Waals surface area contributed by atoms with E-state index in [0.29, 0.717) is 29.1 Å². The molecule has 9 heterocycles. The molecule has 0 fully saturated rings. The molecule has 0 spiro atoms. The Morgan fingerprint density at radius 3 is 1.51 bits per heavy atom. The van der Waals surface area contributed by atoms with E-state index in [1.807, 2.05) is 66.7 Å². The Bertz CT molecular complexity index is 7100. The lowest BCUT2D eigenvalue weighted by Gasteiger charge is -2.25. The van der Waals surface area contributed by atoms with Crippen LogP contribution in [0.15, 0.2) is 245 Å². The number of allylic oxidation sites excluding steroid dienone is 1. The van der Waals surface area contributed by atoms with Crippen LogP contribution in [0.4, 0.5) is 24.5 Å². The standard InChI is InChI=1S/C21H23BrN2O2.C20H20BrN3O.C18H16BrN3O.C17H15N3.C17H18N2O.C14H12F3N/c1-25-19-8-3-5-13(21(19)26-2)12-23-18-7-4-6-15-16-11-14(22)9-10-17(16)24-20(15)18;1-12(25)22-14-6-8-15(9-7-14)23-19-4-2-3-16-17-11-13(21)5-10-18(17)24-20(16)19;19-12-6-7-15-14(9-12)13-4-1-5-16(17(13)21-15)22-18(23)11-3-2-8-20-10-11;18-11-12-6-7-15-14(10-12)13-4-3-5-16(17(13)19-15)20-8-1-2-9-20;1-20-12-7-8-15-14(11-12)13-5-4-6-16(17(13)18-15)19-9-2-3-10-19;1-8-3-2-4-10-11-7-9(14(15,16)17)5-6-12(11)18-13(8)10/h3,5,8-11,18,23-24H,4,6-7,12H2,1-2H3;5-11,19,23-24H,2-4H2,1H3,(H,22,25);2-3,6-10,16,21H,1,4-5H2,(H,22,23);1-2,6-10,16,19H,3-5H2;2-3,7-11,16,18H,4-6H2,1H3;5-7,18H,1-4H2. The number of pyridine rings is 1. The fraction of sp³-hybridized carbons (Fsp3) is 0.271. The number of ether oxygens (including phenoxy) is 3. The average Bonchev–Trinajstić information content (AvgIpc) is 1.68. The van der Waals surface area contributed by atoms with Gasteiger partial charge in [-0.15, -0.1) is 0 Å². The molecule has 5 unspecified atom stereocenters. The van der Waals surface area contributed by atoms with Gasteiger partial charge in [0.2, 0.25) is 5.91 Å². The van der Waals surface area contributed by atoms with Crippen LogP contribution >= 0.6 is 47.8 Å². The molecular weight excluding hydrogens is 1860 g/mol. The molecule has 2 amide bonds.